The monoisotopic (exact) mass is 353 g/mol. The highest BCUT2D eigenvalue weighted by molar-refractivity contribution is 6.34. The molecule has 0 aliphatic heterocycles. The van der Waals surface area contributed by atoms with Crippen molar-refractivity contribution in [1.29, 1.82) is 0 Å². The molecule has 4 N–H and O–H groups in total. The molecule has 1 aromatic carbocycles. The molecule has 0 radical (unpaired) electrons. The maximum atomic E-state index is 12.7. The first kappa shape index (κ1) is 18.7. The van der Waals surface area contributed by atoms with Gasteiger partial charge in [-0.05, 0) is 25.1 Å². The third kappa shape index (κ3) is 3.01. The van der Waals surface area contributed by atoms with Crippen molar-refractivity contribution in [2.24, 2.45) is 11.1 Å². The normalized spacial score (nSPS) is 24.8. The zero-order valence-electron chi connectivity index (χ0n) is 14.4. The van der Waals surface area contributed by atoms with E-state index in [1.54, 1.807) is 18.2 Å². The van der Waals surface area contributed by atoms with Gasteiger partial charge in [-0.3, -0.25) is 9.59 Å². The smallest absolute Gasteiger partial charge is 0.252 e. The predicted octanol–water partition coefficient (Wildman–Crippen LogP) is 2.17. The number of rotatable bonds is 5. The summed E-state index contributed by atoms with van der Waals surface area (Å²) in [4.78, 5) is 24.3. The summed E-state index contributed by atoms with van der Waals surface area (Å²) >= 11 is 6.11. The Hall–Kier alpha value is -1.63. The molecule has 7 heteroatoms. The molecule has 1 aliphatic rings. The minimum absolute atomic E-state index is 0.0440. The molecule has 132 valence electrons. The van der Waals surface area contributed by atoms with Crippen LogP contribution in [0.5, 0.6) is 0 Å². The molecule has 0 bridgehead atoms. The Morgan fingerprint density at radius 1 is 1.42 bits per heavy atom. The van der Waals surface area contributed by atoms with Crippen LogP contribution in [-0.4, -0.2) is 37.1 Å². The molecule has 2 unspecified atom stereocenters. The zero-order valence-corrected chi connectivity index (χ0v) is 15.2. The van der Waals surface area contributed by atoms with Gasteiger partial charge in [0.25, 0.3) is 5.91 Å². The molecule has 0 heterocycles. The van der Waals surface area contributed by atoms with Gasteiger partial charge in [0.2, 0.25) is 5.91 Å². The highest BCUT2D eigenvalue weighted by atomic mass is 35.5. The summed E-state index contributed by atoms with van der Waals surface area (Å²) in [5.41, 5.74) is 5.70. The Balaban J connectivity index is 2.13. The van der Waals surface area contributed by atoms with Crippen LogP contribution >= 0.6 is 11.6 Å². The molecule has 1 aliphatic carbocycles. The number of hydrogen-bond acceptors (Lipinski definition) is 4. The maximum Gasteiger partial charge on any atom is 0.252 e. The number of carbonyl (C=O) groups is 2. The van der Waals surface area contributed by atoms with Gasteiger partial charge in [0.05, 0.1) is 16.7 Å². The van der Waals surface area contributed by atoms with Crippen LogP contribution in [0.2, 0.25) is 5.02 Å². The molecule has 24 heavy (non-hydrogen) atoms. The van der Waals surface area contributed by atoms with Crippen LogP contribution in [-0.2, 0) is 9.53 Å². The quantitative estimate of drug-likeness (QED) is 0.756. The van der Waals surface area contributed by atoms with Crippen LogP contribution in [0.4, 0.5) is 5.69 Å². The third-order valence-corrected chi connectivity index (χ3v) is 5.25. The van der Waals surface area contributed by atoms with Crippen LogP contribution in [0.1, 0.15) is 37.6 Å². The highest BCUT2D eigenvalue weighted by Gasteiger charge is 2.62. The Kier molecular flexibility index (Phi) is 5.22. The summed E-state index contributed by atoms with van der Waals surface area (Å²) in [6.45, 7) is 6.36. The summed E-state index contributed by atoms with van der Waals surface area (Å²) in [5.74, 6) is -0.569. The lowest BCUT2D eigenvalue weighted by Crippen LogP contribution is -2.74. The molecule has 0 aromatic heterocycles. The van der Waals surface area contributed by atoms with Crippen molar-refractivity contribution >= 4 is 29.1 Å². The van der Waals surface area contributed by atoms with Crippen molar-refractivity contribution in [2.45, 2.75) is 38.8 Å². The van der Waals surface area contributed by atoms with Crippen molar-refractivity contribution in [3.8, 4) is 0 Å². The van der Waals surface area contributed by atoms with Crippen molar-refractivity contribution in [2.75, 3.05) is 19.0 Å². The Bertz CT molecular complexity index is 662. The second-order valence-electron chi connectivity index (χ2n) is 6.57. The predicted molar refractivity (Wildman–Crippen MR) is 94.2 cm³/mol. The van der Waals surface area contributed by atoms with E-state index in [-0.39, 0.29) is 22.9 Å². The fourth-order valence-electron chi connectivity index (χ4n) is 2.97. The van der Waals surface area contributed by atoms with E-state index in [1.165, 1.54) is 7.05 Å². The van der Waals surface area contributed by atoms with E-state index in [0.29, 0.717) is 24.3 Å². The molecule has 2 amide bonds. The number of nitrogens with two attached hydrogens (primary N) is 1. The number of halogens is 1. The van der Waals surface area contributed by atoms with Gasteiger partial charge in [-0.1, -0.05) is 25.4 Å². The van der Waals surface area contributed by atoms with Gasteiger partial charge in [0, 0.05) is 31.2 Å². The van der Waals surface area contributed by atoms with Crippen LogP contribution in [0.3, 0.4) is 0 Å². The van der Waals surface area contributed by atoms with Crippen LogP contribution in [0.15, 0.2) is 18.2 Å². The second-order valence-corrected chi connectivity index (χ2v) is 6.98. The van der Waals surface area contributed by atoms with E-state index in [2.05, 4.69) is 10.6 Å². The van der Waals surface area contributed by atoms with Crippen LogP contribution < -0.4 is 16.4 Å². The molecular formula is C17H24ClN3O3. The molecule has 1 aromatic rings. The van der Waals surface area contributed by atoms with Crippen LogP contribution in [0.25, 0.3) is 0 Å². The number of carbonyl (C=O) groups excluding carboxylic acids is 2. The molecular weight excluding hydrogens is 330 g/mol. The van der Waals surface area contributed by atoms with Crippen molar-refractivity contribution in [1.82, 2.24) is 5.32 Å². The Labute approximate surface area is 147 Å². The highest BCUT2D eigenvalue weighted by Crippen LogP contribution is 2.50. The number of nitrogens with one attached hydrogen (secondary N) is 2. The van der Waals surface area contributed by atoms with Gasteiger partial charge >= 0.3 is 0 Å². The van der Waals surface area contributed by atoms with E-state index in [1.807, 2.05) is 20.8 Å². The summed E-state index contributed by atoms with van der Waals surface area (Å²) in [6, 6.07) is 4.73. The average Bonchev–Trinajstić information content (AvgIpc) is 2.53. The minimum Gasteiger partial charge on any atom is -0.378 e. The van der Waals surface area contributed by atoms with E-state index < -0.39 is 11.0 Å². The first-order valence-corrected chi connectivity index (χ1v) is 8.28. The topological polar surface area (TPSA) is 93.4 Å². The molecule has 1 fully saturated rings. The summed E-state index contributed by atoms with van der Waals surface area (Å²) in [5, 5.41) is 5.56. The van der Waals surface area contributed by atoms with Crippen molar-refractivity contribution < 1.29 is 14.3 Å². The number of anilines is 1. The second kappa shape index (κ2) is 6.70. The Morgan fingerprint density at radius 2 is 2.08 bits per heavy atom. The van der Waals surface area contributed by atoms with Gasteiger partial charge in [-0.15, -0.1) is 0 Å². The maximum absolute atomic E-state index is 12.7. The van der Waals surface area contributed by atoms with E-state index in [0.717, 1.165) is 0 Å². The van der Waals surface area contributed by atoms with Crippen molar-refractivity contribution in [3.63, 3.8) is 0 Å². The van der Waals surface area contributed by atoms with Gasteiger partial charge < -0.3 is 21.1 Å². The number of benzene rings is 1. The lowest BCUT2D eigenvalue weighted by atomic mass is 9.54. The van der Waals surface area contributed by atoms with Crippen molar-refractivity contribution in [3.05, 3.63) is 28.8 Å². The first-order chi connectivity index (χ1) is 11.2. The fraction of sp³-hybridized carbons (Fsp3) is 0.529. The number of ether oxygens (including phenoxy) is 1. The summed E-state index contributed by atoms with van der Waals surface area (Å²) < 4.78 is 5.64. The minimum atomic E-state index is -1.02. The van der Waals surface area contributed by atoms with E-state index >= 15 is 0 Å². The van der Waals surface area contributed by atoms with Gasteiger partial charge in [0.1, 0.15) is 5.54 Å². The van der Waals surface area contributed by atoms with E-state index in [9.17, 15) is 9.59 Å². The molecule has 2 rings (SSSR count). The summed E-state index contributed by atoms with van der Waals surface area (Å²) in [6.07, 6.45) is 0.418. The fourth-order valence-corrected chi connectivity index (χ4v) is 3.24. The molecule has 0 spiro atoms. The molecule has 0 saturated heterocycles. The zero-order chi connectivity index (χ0) is 18.1. The van der Waals surface area contributed by atoms with Crippen LogP contribution in [0, 0.1) is 5.41 Å². The SMILES string of the molecule is CCOC1CC(N)(C(=O)Nc2ccc(C(=O)NC)c(Cl)c2)C1(C)C. The standard InChI is InChI=1S/C17H24ClN3O3/c1-5-24-13-9-17(19,16(13,2)3)15(23)21-10-6-7-11(12(18)8-10)14(22)20-4/h6-8,13H,5,9,19H2,1-4H3,(H,20,22)(H,21,23). The van der Waals surface area contributed by atoms with Gasteiger partial charge in [0.15, 0.2) is 0 Å². The largest absolute Gasteiger partial charge is 0.378 e. The van der Waals surface area contributed by atoms with Gasteiger partial charge in [-0.2, -0.15) is 0 Å². The molecule has 2 atom stereocenters. The summed E-state index contributed by atoms with van der Waals surface area (Å²) in [7, 11) is 1.53. The number of hydrogen-bond donors (Lipinski definition) is 3. The third-order valence-electron chi connectivity index (χ3n) is 4.93. The average molecular weight is 354 g/mol. The van der Waals surface area contributed by atoms with Gasteiger partial charge in [-0.25, -0.2) is 0 Å². The molecule has 1 saturated carbocycles. The lowest BCUT2D eigenvalue weighted by molar-refractivity contribution is -0.166. The Morgan fingerprint density at radius 3 is 2.58 bits per heavy atom. The molecule has 6 nitrogen and oxygen atoms in total. The first-order valence-electron chi connectivity index (χ1n) is 7.91. The lowest BCUT2D eigenvalue weighted by Gasteiger charge is -2.57. The number of amides is 2. The van der Waals surface area contributed by atoms with E-state index in [4.69, 9.17) is 22.1 Å².